The molecule has 1 aliphatic heterocycles. The van der Waals surface area contributed by atoms with Crippen LogP contribution in [0.5, 0.6) is 0 Å². The molecule has 3 rings (SSSR count). The van der Waals surface area contributed by atoms with E-state index < -0.39 is 0 Å². The summed E-state index contributed by atoms with van der Waals surface area (Å²) in [5.41, 5.74) is 0.815. The molecule has 27 heavy (non-hydrogen) atoms. The Morgan fingerprint density at radius 1 is 1.44 bits per heavy atom. The number of hydrogen-bond donors (Lipinski definition) is 1. The maximum Gasteiger partial charge on any atom is 0.244 e. The van der Waals surface area contributed by atoms with Crippen LogP contribution in [0.25, 0.3) is 6.08 Å². The Bertz CT molecular complexity index is 803. The highest BCUT2D eigenvalue weighted by Gasteiger charge is 2.17. The van der Waals surface area contributed by atoms with Crippen LogP contribution in [0.1, 0.15) is 24.2 Å². The van der Waals surface area contributed by atoms with Gasteiger partial charge in [0.2, 0.25) is 5.91 Å². The second-order valence-electron chi connectivity index (χ2n) is 6.30. The van der Waals surface area contributed by atoms with Crippen LogP contribution in [-0.2, 0) is 23.0 Å². The molecular formula is C19H23ClN4O2S. The van der Waals surface area contributed by atoms with Gasteiger partial charge in [-0.05, 0) is 30.5 Å². The number of halogens is 1. The first-order valence-corrected chi connectivity index (χ1v) is 10.3. The summed E-state index contributed by atoms with van der Waals surface area (Å²) in [4.78, 5) is 12.0. The van der Waals surface area contributed by atoms with Crippen molar-refractivity contribution >= 4 is 35.3 Å². The summed E-state index contributed by atoms with van der Waals surface area (Å²) >= 11 is 7.73. The van der Waals surface area contributed by atoms with Crippen molar-refractivity contribution in [3.05, 3.63) is 46.8 Å². The molecular weight excluding hydrogens is 384 g/mol. The molecule has 1 atom stereocenters. The number of thioether (sulfide) groups is 1. The lowest BCUT2D eigenvalue weighted by molar-refractivity contribution is -0.116. The Kier molecular flexibility index (Phi) is 7.32. The summed E-state index contributed by atoms with van der Waals surface area (Å²) in [5, 5.41) is 12.8. The number of nitrogens with zero attached hydrogens (tertiary/aromatic N) is 3. The third kappa shape index (κ3) is 5.82. The Hall–Kier alpha value is -1.83. The van der Waals surface area contributed by atoms with E-state index in [4.69, 9.17) is 16.3 Å². The van der Waals surface area contributed by atoms with Crippen LogP contribution >= 0.6 is 23.4 Å². The molecule has 144 valence electrons. The zero-order chi connectivity index (χ0) is 19.1. The second-order valence-corrected chi connectivity index (χ2v) is 7.69. The van der Waals surface area contributed by atoms with Crippen LogP contribution < -0.4 is 5.32 Å². The van der Waals surface area contributed by atoms with E-state index in [9.17, 15) is 4.79 Å². The fourth-order valence-electron chi connectivity index (χ4n) is 2.76. The fourth-order valence-corrected chi connectivity index (χ4v) is 3.96. The van der Waals surface area contributed by atoms with Gasteiger partial charge in [0.25, 0.3) is 0 Å². The third-order valence-corrected chi connectivity index (χ3v) is 5.81. The minimum Gasteiger partial charge on any atom is -0.377 e. The number of ether oxygens (including phenoxy) is 1. The molecule has 0 radical (unpaired) electrons. The highest BCUT2D eigenvalue weighted by molar-refractivity contribution is 7.99. The molecule has 1 unspecified atom stereocenters. The summed E-state index contributed by atoms with van der Waals surface area (Å²) in [6, 6.07) is 7.39. The molecule has 1 aromatic carbocycles. The van der Waals surface area contributed by atoms with Crippen LogP contribution in [0.3, 0.4) is 0 Å². The van der Waals surface area contributed by atoms with Crippen molar-refractivity contribution in [1.82, 2.24) is 20.1 Å². The molecule has 1 amide bonds. The Balaban J connectivity index is 1.43. The molecule has 8 heteroatoms. The third-order valence-electron chi connectivity index (χ3n) is 4.31. The maximum atomic E-state index is 12.0. The average molecular weight is 407 g/mol. The molecule has 1 aliphatic rings. The second kappa shape index (κ2) is 9.92. The molecule has 1 N–H and O–H groups in total. The molecule has 2 aromatic rings. The van der Waals surface area contributed by atoms with Gasteiger partial charge in [-0.25, -0.2) is 0 Å². The van der Waals surface area contributed by atoms with Crippen molar-refractivity contribution in [2.24, 2.45) is 7.05 Å². The first-order chi connectivity index (χ1) is 13.1. The van der Waals surface area contributed by atoms with E-state index in [1.54, 1.807) is 23.9 Å². The molecule has 1 aromatic heterocycles. The summed E-state index contributed by atoms with van der Waals surface area (Å²) in [6.07, 6.45) is 6.39. The zero-order valence-corrected chi connectivity index (χ0v) is 16.8. The van der Waals surface area contributed by atoms with Gasteiger partial charge in [0, 0.05) is 43.5 Å². The standard InChI is InChI=1S/C19H23ClN4O2S/c1-24-17(22-23-19(24)27-13-15-6-4-12-26-15)10-11-21-18(25)9-8-14-5-2-3-7-16(14)20/h2-3,5,7-9,15H,4,6,10-13H2,1H3,(H,21,25)/b9-8+. The molecule has 2 heterocycles. The monoisotopic (exact) mass is 406 g/mol. The predicted octanol–water partition coefficient (Wildman–Crippen LogP) is 3.11. The smallest absolute Gasteiger partial charge is 0.244 e. The normalized spacial score (nSPS) is 16.9. The minimum atomic E-state index is -0.162. The minimum absolute atomic E-state index is 0.162. The summed E-state index contributed by atoms with van der Waals surface area (Å²) in [7, 11) is 1.95. The number of amides is 1. The average Bonchev–Trinajstić information content (AvgIpc) is 3.30. The van der Waals surface area contributed by atoms with Gasteiger partial charge < -0.3 is 14.6 Å². The number of benzene rings is 1. The molecule has 0 saturated carbocycles. The van der Waals surface area contributed by atoms with Gasteiger partial charge in [-0.3, -0.25) is 4.79 Å². The van der Waals surface area contributed by atoms with E-state index in [2.05, 4.69) is 15.5 Å². The van der Waals surface area contributed by atoms with E-state index in [0.29, 0.717) is 24.1 Å². The van der Waals surface area contributed by atoms with Gasteiger partial charge in [-0.2, -0.15) is 0 Å². The van der Waals surface area contributed by atoms with Crippen molar-refractivity contribution in [3.63, 3.8) is 0 Å². The number of aromatic nitrogens is 3. The molecule has 1 saturated heterocycles. The van der Waals surface area contributed by atoms with Gasteiger partial charge in [0.15, 0.2) is 5.16 Å². The molecule has 0 bridgehead atoms. The topological polar surface area (TPSA) is 69.0 Å². The number of carbonyl (C=O) groups excluding carboxylic acids is 1. The van der Waals surface area contributed by atoms with Crippen LogP contribution in [0.15, 0.2) is 35.5 Å². The van der Waals surface area contributed by atoms with Gasteiger partial charge in [-0.1, -0.05) is 41.6 Å². The van der Waals surface area contributed by atoms with Crippen LogP contribution in [0.2, 0.25) is 5.02 Å². The van der Waals surface area contributed by atoms with Gasteiger partial charge in [0.1, 0.15) is 5.82 Å². The Morgan fingerprint density at radius 3 is 3.07 bits per heavy atom. The van der Waals surface area contributed by atoms with Gasteiger partial charge in [-0.15, -0.1) is 10.2 Å². The van der Waals surface area contributed by atoms with Gasteiger partial charge in [0.05, 0.1) is 6.10 Å². The SMILES string of the molecule is Cn1c(CCNC(=O)/C=C/c2ccccc2Cl)nnc1SCC1CCCO1. The van der Waals surface area contributed by atoms with Crippen molar-refractivity contribution < 1.29 is 9.53 Å². The van der Waals surface area contributed by atoms with E-state index in [1.165, 1.54) is 6.08 Å². The lowest BCUT2D eigenvalue weighted by Crippen LogP contribution is -2.24. The molecule has 0 aliphatic carbocycles. The number of hydrogen-bond acceptors (Lipinski definition) is 5. The van der Waals surface area contributed by atoms with E-state index in [0.717, 1.165) is 41.7 Å². The summed E-state index contributed by atoms with van der Waals surface area (Å²) in [6.45, 7) is 1.36. The van der Waals surface area contributed by atoms with E-state index in [-0.39, 0.29) is 5.91 Å². The highest BCUT2D eigenvalue weighted by atomic mass is 35.5. The number of carbonyl (C=O) groups is 1. The molecule has 6 nitrogen and oxygen atoms in total. The predicted molar refractivity (Wildman–Crippen MR) is 108 cm³/mol. The lowest BCUT2D eigenvalue weighted by Gasteiger charge is -2.08. The summed E-state index contributed by atoms with van der Waals surface area (Å²) < 4.78 is 7.61. The van der Waals surface area contributed by atoms with Gasteiger partial charge >= 0.3 is 0 Å². The molecule has 0 spiro atoms. The Morgan fingerprint density at radius 2 is 2.30 bits per heavy atom. The fraction of sp³-hybridized carbons (Fsp3) is 0.421. The van der Waals surface area contributed by atoms with Crippen LogP contribution in [-0.4, -0.2) is 45.7 Å². The number of nitrogens with one attached hydrogen (secondary N) is 1. The highest BCUT2D eigenvalue weighted by Crippen LogP contribution is 2.22. The van der Waals surface area contributed by atoms with E-state index >= 15 is 0 Å². The van der Waals surface area contributed by atoms with Crippen LogP contribution in [0.4, 0.5) is 0 Å². The lowest BCUT2D eigenvalue weighted by atomic mass is 10.2. The van der Waals surface area contributed by atoms with Crippen LogP contribution in [0, 0.1) is 0 Å². The molecule has 1 fully saturated rings. The summed E-state index contributed by atoms with van der Waals surface area (Å²) in [5.74, 6) is 1.58. The van der Waals surface area contributed by atoms with Crippen molar-refractivity contribution in [3.8, 4) is 0 Å². The van der Waals surface area contributed by atoms with E-state index in [1.807, 2.05) is 29.8 Å². The largest absolute Gasteiger partial charge is 0.377 e. The van der Waals surface area contributed by atoms with Crippen molar-refractivity contribution in [2.75, 3.05) is 18.9 Å². The number of rotatable bonds is 8. The van der Waals surface area contributed by atoms with Crippen molar-refractivity contribution in [2.45, 2.75) is 30.5 Å². The first-order valence-electron chi connectivity index (χ1n) is 8.96. The zero-order valence-electron chi connectivity index (χ0n) is 15.2. The quantitative estimate of drug-likeness (QED) is 0.538. The first kappa shape index (κ1) is 19.9. The Labute approximate surface area is 168 Å². The maximum absolute atomic E-state index is 12.0. The van der Waals surface area contributed by atoms with Crippen molar-refractivity contribution in [1.29, 1.82) is 0 Å².